The predicted octanol–water partition coefficient (Wildman–Crippen LogP) is 6.23. The van der Waals surface area contributed by atoms with Crippen LogP contribution in [0.4, 0.5) is 5.69 Å². The first-order chi connectivity index (χ1) is 19.6. The normalized spacial score (nSPS) is 12.2. The number of hydrogen-bond acceptors (Lipinski definition) is 7. The van der Waals surface area contributed by atoms with Crippen LogP contribution in [-0.4, -0.2) is 45.0 Å². The van der Waals surface area contributed by atoms with Gasteiger partial charge in [-0.05, 0) is 66.7 Å². The second-order valence-electron chi connectivity index (χ2n) is 8.76. The number of nitro groups is 1. The van der Waals surface area contributed by atoms with Crippen molar-refractivity contribution in [1.82, 2.24) is 10.0 Å². The second-order valence-corrected chi connectivity index (χ2v) is 9.57. The molecular weight excluding hydrogens is 573 g/mol. The fourth-order valence-electron chi connectivity index (χ4n) is 4.12. The maximum atomic E-state index is 13.6. The number of hydrazine groups is 1. The van der Waals surface area contributed by atoms with Crippen LogP contribution in [0.25, 0.3) is 0 Å². The van der Waals surface area contributed by atoms with Gasteiger partial charge in [0.2, 0.25) is 0 Å². The number of carbonyl (C=O) groups is 4. The number of fused-ring (bicyclic) bond motifs is 1. The minimum atomic E-state index is -0.815. The van der Waals surface area contributed by atoms with E-state index in [9.17, 15) is 29.3 Å². The van der Waals surface area contributed by atoms with Crippen LogP contribution in [0.5, 0.6) is 11.5 Å². The van der Waals surface area contributed by atoms with Gasteiger partial charge in [0.15, 0.2) is 5.78 Å². The number of hydrogen-bond donors (Lipinski definition) is 0. The molecule has 1 heterocycles. The summed E-state index contributed by atoms with van der Waals surface area (Å²) in [5.41, 5.74) is 0.297. The molecular formula is C29H17Cl2N3O7. The number of Topliss-reactive ketones (excluding diaryl/α,β-unsaturated/α-hetero) is 1. The molecule has 204 valence electrons. The number of ketones is 1. The van der Waals surface area contributed by atoms with Crippen LogP contribution in [0, 0.1) is 10.1 Å². The summed E-state index contributed by atoms with van der Waals surface area (Å²) in [6, 6.07) is 21.5. The minimum absolute atomic E-state index is 0.00982. The summed E-state index contributed by atoms with van der Waals surface area (Å²) in [5.74, 6) is -2.20. The lowest BCUT2D eigenvalue weighted by atomic mass is 10.1. The Morgan fingerprint density at radius 3 is 1.85 bits per heavy atom. The van der Waals surface area contributed by atoms with Crippen LogP contribution in [0.15, 0.2) is 91.0 Å². The minimum Gasteiger partial charge on any atom is -0.457 e. The van der Waals surface area contributed by atoms with Crippen LogP contribution in [-0.2, 0) is 0 Å². The van der Waals surface area contributed by atoms with Crippen molar-refractivity contribution in [3.63, 3.8) is 0 Å². The highest BCUT2D eigenvalue weighted by molar-refractivity contribution is 6.42. The highest BCUT2D eigenvalue weighted by atomic mass is 35.5. The van der Waals surface area contributed by atoms with E-state index >= 15 is 0 Å². The molecule has 0 fully saturated rings. The van der Waals surface area contributed by atoms with Crippen LogP contribution in [0.3, 0.4) is 0 Å². The van der Waals surface area contributed by atoms with Gasteiger partial charge in [0.25, 0.3) is 23.4 Å². The van der Waals surface area contributed by atoms with E-state index in [1.165, 1.54) is 78.9 Å². The Kier molecular flexibility index (Phi) is 7.52. The van der Waals surface area contributed by atoms with Crippen molar-refractivity contribution in [2.75, 3.05) is 6.54 Å². The third-order valence-corrected chi connectivity index (χ3v) is 6.91. The number of halogens is 2. The SMILES string of the molecule is O=C(CN(C(=O)c1ccc(Cl)c(Cl)c1)N1C(=O)c2ccccc2C1=O)c1ccc(Oc2ccc([N+](=O)[O-])cc2)cc1. The molecule has 0 aliphatic carbocycles. The zero-order chi connectivity index (χ0) is 29.3. The second kappa shape index (κ2) is 11.2. The molecule has 0 unspecified atom stereocenters. The highest BCUT2D eigenvalue weighted by Crippen LogP contribution is 2.28. The standard InChI is InChI=1S/C29H17Cl2N3O7/c30-24-14-7-18(15-25(24)31)27(36)32(33-28(37)22-3-1-2-4-23(22)29(33)38)16-26(35)17-5-10-20(11-6-17)41-21-12-8-19(9-13-21)34(39)40/h1-15H,16H2. The Balaban J connectivity index is 1.40. The molecule has 0 saturated carbocycles. The summed E-state index contributed by atoms with van der Waals surface area (Å²) in [6.07, 6.45) is 0. The van der Waals surface area contributed by atoms with Crippen molar-refractivity contribution in [2.45, 2.75) is 0 Å². The summed E-state index contributed by atoms with van der Waals surface area (Å²) in [7, 11) is 0. The van der Waals surface area contributed by atoms with E-state index in [1.807, 2.05) is 0 Å². The van der Waals surface area contributed by atoms with E-state index in [0.717, 1.165) is 5.01 Å². The Labute approximate surface area is 242 Å². The third kappa shape index (κ3) is 5.51. The van der Waals surface area contributed by atoms with Gasteiger partial charge in [0, 0.05) is 23.3 Å². The molecule has 1 aliphatic heterocycles. The predicted molar refractivity (Wildman–Crippen MR) is 148 cm³/mol. The van der Waals surface area contributed by atoms with Gasteiger partial charge in [-0.1, -0.05) is 35.3 Å². The smallest absolute Gasteiger partial charge is 0.280 e. The molecule has 3 amide bonds. The molecule has 0 saturated heterocycles. The summed E-state index contributed by atoms with van der Waals surface area (Å²) in [4.78, 5) is 63.6. The number of nitrogens with zero attached hydrogens (tertiary/aromatic N) is 3. The van der Waals surface area contributed by atoms with Crippen LogP contribution < -0.4 is 4.74 Å². The maximum absolute atomic E-state index is 13.6. The van der Waals surface area contributed by atoms with Crippen molar-refractivity contribution in [3.8, 4) is 11.5 Å². The quantitative estimate of drug-likeness (QED) is 0.103. The van der Waals surface area contributed by atoms with E-state index in [-0.39, 0.29) is 38.0 Å². The van der Waals surface area contributed by atoms with Gasteiger partial charge < -0.3 is 4.74 Å². The summed E-state index contributed by atoms with van der Waals surface area (Å²) >= 11 is 12.1. The monoisotopic (exact) mass is 589 g/mol. The molecule has 0 bridgehead atoms. The molecule has 4 aromatic carbocycles. The summed E-state index contributed by atoms with van der Waals surface area (Å²) in [5, 5.41) is 12.5. The number of non-ortho nitro benzene ring substituents is 1. The average Bonchev–Trinajstić information content (AvgIpc) is 3.22. The molecule has 5 rings (SSSR count). The van der Waals surface area contributed by atoms with Crippen molar-refractivity contribution in [2.24, 2.45) is 0 Å². The van der Waals surface area contributed by atoms with Crippen molar-refractivity contribution in [1.29, 1.82) is 0 Å². The van der Waals surface area contributed by atoms with Crippen LogP contribution in [0.2, 0.25) is 10.0 Å². The van der Waals surface area contributed by atoms with Crippen molar-refractivity contribution >= 4 is 52.4 Å². The Hall–Kier alpha value is -5.06. The molecule has 10 nitrogen and oxygen atoms in total. The van der Waals surface area contributed by atoms with Gasteiger partial charge in [-0.15, -0.1) is 0 Å². The highest BCUT2D eigenvalue weighted by Gasteiger charge is 2.42. The molecule has 12 heteroatoms. The lowest BCUT2D eigenvalue weighted by Gasteiger charge is -2.29. The molecule has 0 aromatic heterocycles. The Morgan fingerprint density at radius 2 is 1.32 bits per heavy atom. The third-order valence-electron chi connectivity index (χ3n) is 6.17. The van der Waals surface area contributed by atoms with Crippen molar-refractivity contribution < 1.29 is 28.8 Å². The molecule has 1 aliphatic rings. The fraction of sp³-hybridized carbons (Fsp3) is 0.0345. The van der Waals surface area contributed by atoms with E-state index in [1.54, 1.807) is 12.1 Å². The largest absolute Gasteiger partial charge is 0.457 e. The number of rotatable bonds is 8. The van der Waals surface area contributed by atoms with Gasteiger partial charge in [0.1, 0.15) is 18.0 Å². The zero-order valence-electron chi connectivity index (χ0n) is 20.8. The zero-order valence-corrected chi connectivity index (χ0v) is 22.3. The lowest BCUT2D eigenvalue weighted by molar-refractivity contribution is -0.384. The Morgan fingerprint density at radius 1 is 0.780 bits per heavy atom. The van der Waals surface area contributed by atoms with E-state index < -0.39 is 35.0 Å². The topological polar surface area (TPSA) is 127 Å². The number of carbonyl (C=O) groups excluding carboxylic acids is 4. The fourth-order valence-corrected chi connectivity index (χ4v) is 4.41. The number of amides is 3. The summed E-state index contributed by atoms with van der Waals surface area (Å²) in [6.45, 7) is -0.646. The van der Waals surface area contributed by atoms with Gasteiger partial charge in [-0.25, -0.2) is 5.01 Å². The molecule has 0 radical (unpaired) electrons. The first kappa shape index (κ1) is 27.5. The lowest BCUT2D eigenvalue weighted by Crippen LogP contribution is -2.51. The average molecular weight is 590 g/mol. The van der Waals surface area contributed by atoms with Gasteiger partial charge in [-0.2, -0.15) is 5.01 Å². The molecule has 4 aromatic rings. The molecule has 0 spiro atoms. The number of imide groups is 1. The Bertz CT molecular complexity index is 1690. The first-order valence-corrected chi connectivity index (χ1v) is 12.7. The van der Waals surface area contributed by atoms with Crippen LogP contribution >= 0.6 is 23.2 Å². The number of benzene rings is 4. The van der Waals surface area contributed by atoms with E-state index in [0.29, 0.717) is 16.5 Å². The van der Waals surface area contributed by atoms with Gasteiger partial charge in [0.05, 0.1) is 26.1 Å². The molecule has 0 N–H and O–H groups in total. The van der Waals surface area contributed by atoms with Gasteiger partial charge >= 0.3 is 0 Å². The van der Waals surface area contributed by atoms with E-state index in [4.69, 9.17) is 27.9 Å². The first-order valence-electron chi connectivity index (χ1n) is 11.9. The summed E-state index contributed by atoms with van der Waals surface area (Å²) < 4.78 is 5.67. The van der Waals surface area contributed by atoms with Crippen molar-refractivity contribution in [3.05, 3.63) is 133 Å². The van der Waals surface area contributed by atoms with E-state index in [2.05, 4.69) is 0 Å². The van der Waals surface area contributed by atoms with Gasteiger partial charge in [-0.3, -0.25) is 29.3 Å². The number of nitro benzene ring substituents is 1. The number of ether oxygens (including phenoxy) is 1. The maximum Gasteiger partial charge on any atom is 0.280 e. The molecule has 41 heavy (non-hydrogen) atoms. The van der Waals surface area contributed by atoms with Crippen LogP contribution in [0.1, 0.15) is 41.4 Å². The molecule has 0 atom stereocenters.